The molecule has 0 radical (unpaired) electrons. The number of urea groups is 1. The van der Waals surface area contributed by atoms with Crippen molar-refractivity contribution in [2.45, 2.75) is 26.3 Å². The van der Waals surface area contributed by atoms with Crippen LogP contribution in [0.25, 0.3) is 0 Å². The third-order valence-corrected chi connectivity index (χ3v) is 6.49. The predicted molar refractivity (Wildman–Crippen MR) is 129 cm³/mol. The minimum absolute atomic E-state index is 0.181. The molecule has 1 aliphatic rings. The molecule has 7 heteroatoms. The Balaban J connectivity index is 2.02. The summed E-state index contributed by atoms with van der Waals surface area (Å²) in [4.78, 5) is 47.2. The predicted octanol–water partition coefficient (Wildman–Crippen LogP) is 3.01. The second kappa shape index (κ2) is 10.6. The van der Waals surface area contributed by atoms with Crippen LogP contribution in [-0.2, 0) is 15.1 Å². The van der Waals surface area contributed by atoms with Gasteiger partial charge >= 0.3 is 6.03 Å². The van der Waals surface area contributed by atoms with Gasteiger partial charge in [0.15, 0.2) is 5.54 Å². The number of amides is 4. The van der Waals surface area contributed by atoms with Gasteiger partial charge in [-0.1, -0.05) is 74.5 Å². The fraction of sp³-hybridized carbons (Fsp3) is 0.423. The molecule has 33 heavy (non-hydrogen) atoms. The molecule has 176 valence electrons. The second-order valence-electron chi connectivity index (χ2n) is 8.20. The lowest BCUT2D eigenvalue weighted by Gasteiger charge is -2.36. The third kappa shape index (κ3) is 4.50. The first-order valence-electron chi connectivity index (χ1n) is 11.6. The van der Waals surface area contributed by atoms with Crippen LogP contribution in [0.4, 0.5) is 4.79 Å². The van der Waals surface area contributed by atoms with Crippen molar-refractivity contribution in [3.63, 3.8) is 0 Å². The summed E-state index contributed by atoms with van der Waals surface area (Å²) in [6.45, 7) is 9.14. The molecule has 1 fully saturated rings. The molecule has 0 aliphatic carbocycles. The van der Waals surface area contributed by atoms with Crippen LogP contribution in [0.1, 0.15) is 31.9 Å². The molecule has 0 spiro atoms. The lowest BCUT2D eigenvalue weighted by Crippen LogP contribution is -2.52. The first-order chi connectivity index (χ1) is 15.9. The van der Waals surface area contributed by atoms with Crippen molar-refractivity contribution in [1.29, 1.82) is 0 Å². The highest BCUT2D eigenvalue weighted by Gasteiger charge is 2.59. The highest BCUT2D eigenvalue weighted by molar-refractivity contribution is 6.10. The normalized spacial score (nSPS) is 15.4. The molecule has 1 heterocycles. The quantitative estimate of drug-likeness (QED) is 0.522. The summed E-state index contributed by atoms with van der Waals surface area (Å²) in [5.41, 5.74) is -0.0430. The van der Waals surface area contributed by atoms with Gasteiger partial charge in [-0.25, -0.2) is 4.79 Å². The molecule has 1 saturated heterocycles. The summed E-state index contributed by atoms with van der Waals surface area (Å²) in [5.74, 6) is -0.525. The van der Waals surface area contributed by atoms with Crippen LogP contribution in [0.5, 0.6) is 0 Å². The Kier molecular flexibility index (Phi) is 7.87. The molecule has 0 aromatic heterocycles. The highest BCUT2D eigenvalue weighted by atomic mass is 16.2. The molecule has 1 aliphatic heterocycles. The monoisotopic (exact) mass is 450 g/mol. The van der Waals surface area contributed by atoms with Crippen LogP contribution in [-0.4, -0.2) is 83.8 Å². The van der Waals surface area contributed by atoms with Crippen LogP contribution >= 0.6 is 0 Å². The Bertz CT molecular complexity index is 921. The van der Waals surface area contributed by atoms with Crippen LogP contribution in [0.3, 0.4) is 0 Å². The van der Waals surface area contributed by atoms with Gasteiger partial charge in [-0.3, -0.25) is 19.4 Å². The fourth-order valence-electron chi connectivity index (χ4n) is 4.45. The van der Waals surface area contributed by atoms with Crippen molar-refractivity contribution >= 4 is 17.8 Å². The SMILES string of the molecule is CCN(CC)CCN(C)C(=O)CN1C(=O)N(CC)C(=O)C1(c1ccccc1)c1ccccc1. The van der Waals surface area contributed by atoms with E-state index in [9.17, 15) is 14.4 Å². The van der Waals surface area contributed by atoms with E-state index in [-0.39, 0.29) is 24.9 Å². The first kappa shape index (κ1) is 24.5. The highest BCUT2D eigenvalue weighted by Crippen LogP contribution is 2.43. The first-order valence-corrected chi connectivity index (χ1v) is 11.6. The molecule has 0 N–H and O–H groups in total. The molecule has 2 aromatic rings. The Morgan fingerprint density at radius 2 is 1.36 bits per heavy atom. The van der Waals surface area contributed by atoms with E-state index >= 15 is 0 Å². The zero-order chi connectivity index (χ0) is 24.0. The number of nitrogens with zero attached hydrogens (tertiary/aromatic N) is 4. The maximum atomic E-state index is 13.9. The zero-order valence-corrected chi connectivity index (χ0v) is 20.0. The van der Waals surface area contributed by atoms with E-state index in [1.54, 1.807) is 18.9 Å². The topological polar surface area (TPSA) is 64.2 Å². The van der Waals surface area contributed by atoms with Gasteiger partial charge in [0.25, 0.3) is 5.91 Å². The molecule has 7 nitrogen and oxygen atoms in total. The number of rotatable bonds is 10. The van der Waals surface area contributed by atoms with E-state index < -0.39 is 11.6 Å². The fourth-order valence-corrected chi connectivity index (χ4v) is 4.45. The number of likely N-dealkylation sites (N-methyl/N-ethyl adjacent to an activating group) is 3. The zero-order valence-electron chi connectivity index (χ0n) is 20.0. The number of carbonyl (C=O) groups excluding carboxylic acids is 3. The summed E-state index contributed by atoms with van der Waals surface area (Å²) in [6.07, 6.45) is 0. The summed E-state index contributed by atoms with van der Waals surface area (Å²) in [7, 11) is 1.75. The van der Waals surface area contributed by atoms with E-state index in [1.807, 2.05) is 60.7 Å². The maximum absolute atomic E-state index is 13.9. The lowest BCUT2D eigenvalue weighted by atomic mass is 9.81. The van der Waals surface area contributed by atoms with Crippen LogP contribution in [0.15, 0.2) is 60.7 Å². The van der Waals surface area contributed by atoms with Gasteiger partial charge in [0, 0.05) is 26.7 Å². The maximum Gasteiger partial charge on any atom is 0.328 e. The average molecular weight is 451 g/mol. The van der Waals surface area contributed by atoms with Crippen molar-refractivity contribution in [3.05, 3.63) is 71.8 Å². The number of hydrogen-bond donors (Lipinski definition) is 0. The van der Waals surface area contributed by atoms with Gasteiger partial charge in [0.1, 0.15) is 6.54 Å². The number of hydrogen-bond acceptors (Lipinski definition) is 4. The Hall–Kier alpha value is -3.19. The van der Waals surface area contributed by atoms with Gasteiger partial charge in [-0.05, 0) is 31.1 Å². The molecule has 0 atom stereocenters. The number of imide groups is 1. The van der Waals surface area contributed by atoms with Crippen LogP contribution in [0.2, 0.25) is 0 Å². The molecule has 2 aromatic carbocycles. The molecule has 4 amide bonds. The molecule has 0 unspecified atom stereocenters. The molecule has 3 rings (SSSR count). The van der Waals surface area contributed by atoms with Gasteiger partial charge in [-0.15, -0.1) is 0 Å². The van der Waals surface area contributed by atoms with Crippen molar-refractivity contribution in [2.75, 3.05) is 46.3 Å². The van der Waals surface area contributed by atoms with Gasteiger partial charge < -0.3 is 9.80 Å². The van der Waals surface area contributed by atoms with E-state index in [2.05, 4.69) is 18.7 Å². The molecule has 0 saturated carbocycles. The standard InChI is InChI=1S/C26H34N4O3/c1-5-28(6-2)19-18-27(4)23(31)20-30-25(33)29(7-3)24(32)26(30,21-14-10-8-11-15-21)22-16-12-9-13-17-22/h8-17H,5-7,18-20H2,1-4H3. The summed E-state index contributed by atoms with van der Waals surface area (Å²) >= 11 is 0. The van der Waals surface area contributed by atoms with Crippen molar-refractivity contribution in [2.24, 2.45) is 0 Å². The van der Waals surface area contributed by atoms with E-state index in [0.717, 1.165) is 19.6 Å². The minimum Gasteiger partial charge on any atom is -0.343 e. The minimum atomic E-state index is -1.38. The summed E-state index contributed by atoms with van der Waals surface area (Å²) < 4.78 is 0. The number of carbonyl (C=O) groups is 3. The van der Waals surface area contributed by atoms with Crippen LogP contribution in [0, 0.1) is 0 Å². The Morgan fingerprint density at radius 1 is 0.848 bits per heavy atom. The van der Waals surface area contributed by atoms with Gasteiger partial charge in [0.05, 0.1) is 0 Å². The second-order valence-corrected chi connectivity index (χ2v) is 8.20. The summed E-state index contributed by atoms with van der Waals surface area (Å²) in [5, 5.41) is 0. The van der Waals surface area contributed by atoms with Crippen molar-refractivity contribution in [3.8, 4) is 0 Å². The molecular formula is C26H34N4O3. The Morgan fingerprint density at radius 3 is 1.82 bits per heavy atom. The number of benzene rings is 2. The van der Waals surface area contributed by atoms with Gasteiger partial charge in [0.2, 0.25) is 5.91 Å². The van der Waals surface area contributed by atoms with Crippen molar-refractivity contribution < 1.29 is 14.4 Å². The van der Waals surface area contributed by atoms with E-state index in [4.69, 9.17) is 0 Å². The average Bonchev–Trinajstić information content (AvgIpc) is 3.06. The van der Waals surface area contributed by atoms with E-state index in [0.29, 0.717) is 17.7 Å². The molecular weight excluding hydrogens is 416 g/mol. The largest absolute Gasteiger partial charge is 0.343 e. The van der Waals surface area contributed by atoms with Crippen molar-refractivity contribution in [1.82, 2.24) is 19.6 Å². The van der Waals surface area contributed by atoms with Crippen LogP contribution < -0.4 is 0 Å². The smallest absolute Gasteiger partial charge is 0.328 e. The van der Waals surface area contributed by atoms with E-state index in [1.165, 1.54) is 9.80 Å². The Labute approximate surface area is 196 Å². The lowest BCUT2D eigenvalue weighted by molar-refractivity contribution is -0.134. The summed E-state index contributed by atoms with van der Waals surface area (Å²) in [6, 6.07) is 18.1. The molecule has 0 bridgehead atoms. The van der Waals surface area contributed by atoms with Gasteiger partial charge in [-0.2, -0.15) is 0 Å². The third-order valence-electron chi connectivity index (χ3n) is 6.49.